The third-order valence-electron chi connectivity index (χ3n) is 3.76. The first-order chi connectivity index (χ1) is 4.85. The van der Waals surface area contributed by atoms with Crippen LogP contribution in [0.2, 0.25) is 0 Å². The van der Waals surface area contributed by atoms with Crippen molar-refractivity contribution in [2.45, 2.75) is 33.8 Å². The second-order valence-electron chi connectivity index (χ2n) is 4.72. The van der Waals surface area contributed by atoms with Gasteiger partial charge in [-0.1, -0.05) is 27.7 Å². The first kappa shape index (κ1) is 9.01. The molecule has 0 spiro atoms. The molecule has 3 N–H and O–H groups in total. The standard InChI is InChI=1S/C9H19NO/c1-8(2)7(6(11)5-10)9(8,3)4/h6-7,11H,5,10H2,1-4H3. The molecule has 0 amide bonds. The lowest BCUT2D eigenvalue weighted by Crippen LogP contribution is -2.24. The van der Waals surface area contributed by atoms with E-state index in [0.717, 1.165) is 0 Å². The second kappa shape index (κ2) is 2.20. The Morgan fingerprint density at radius 2 is 1.64 bits per heavy atom. The van der Waals surface area contributed by atoms with Gasteiger partial charge in [0.1, 0.15) is 0 Å². The number of nitrogens with two attached hydrogens (primary N) is 1. The van der Waals surface area contributed by atoms with Crippen LogP contribution in [0.1, 0.15) is 27.7 Å². The highest BCUT2D eigenvalue weighted by Gasteiger charge is 2.66. The zero-order valence-corrected chi connectivity index (χ0v) is 7.89. The third kappa shape index (κ3) is 1.00. The van der Waals surface area contributed by atoms with Crippen molar-refractivity contribution in [3.63, 3.8) is 0 Å². The molecule has 0 radical (unpaired) electrons. The van der Waals surface area contributed by atoms with Crippen LogP contribution in [0.15, 0.2) is 0 Å². The fourth-order valence-corrected chi connectivity index (χ4v) is 2.35. The van der Waals surface area contributed by atoms with Gasteiger partial charge in [0.15, 0.2) is 0 Å². The normalized spacial score (nSPS) is 30.0. The van der Waals surface area contributed by atoms with E-state index in [1.54, 1.807) is 0 Å². The summed E-state index contributed by atoms with van der Waals surface area (Å²) in [6, 6.07) is 0. The second-order valence-corrected chi connectivity index (χ2v) is 4.72. The molecule has 11 heavy (non-hydrogen) atoms. The van der Waals surface area contributed by atoms with Crippen LogP contribution in [0.25, 0.3) is 0 Å². The van der Waals surface area contributed by atoms with Crippen LogP contribution in [0.3, 0.4) is 0 Å². The van der Waals surface area contributed by atoms with Gasteiger partial charge in [-0.05, 0) is 16.7 Å². The van der Waals surface area contributed by atoms with E-state index < -0.39 is 0 Å². The topological polar surface area (TPSA) is 46.2 Å². The zero-order chi connectivity index (χ0) is 8.86. The number of rotatable bonds is 2. The van der Waals surface area contributed by atoms with Crippen LogP contribution >= 0.6 is 0 Å². The van der Waals surface area contributed by atoms with Crippen molar-refractivity contribution in [1.29, 1.82) is 0 Å². The van der Waals surface area contributed by atoms with Crippen molar-refractivity contribution in [2.75, 3.05) is 6.54 Å². The predicted molar refractivity (Wildman–Crippen MR) is 46.1 cm³/mol. The van der Waals surface area contributed by atoms with E-state index in [9.17, 15) is 5.11 Å². The molecule has 1 saturated carbocycles. The number of aliphatic hydroxyl groups excluding tert-OH is 1. The Bertz CT molecular complexity index is 149. The van der Waals surface area contributed by atoms with Crippen LogP contribution in [0, 0.1) is 16.7 Å². The van der Waals surface area contributed by atoms with Gasteiger partial charge in [0, 0.05) is 6.54 Å². The first-order valence-corrected chi connectivity index (χ1v) is 4.24. The minimum absolute atomic E-state index is 0.256. The summed E-state index contributed by atoms with van der Waals surface area (Å²) in [5, 5.41) is 9.54. The molecule has 0 heterocycles. The lowest BCUT2D eigenvalue weighted by molar-refractivity contribution is 0.137. The largest absolute Gasteiger partial charge is 0.391 e. The third-order valence-corrected chi connectivity index (χ3v) is 3.76. The van der Waals surface area contributed by atoms with Gasteiger partial charge in [-0.2, -0.15) is 0 Å². The van der Waals surface area contributed by atoms with Gasteiger partial charge in [0.2, 0.25) is 0 Å². The van der Waals surface area contributed by atoms with Gasteiger partial charge < -0.3 is 10.8 Å². The van der Waals surface area contributed by atoms with Crippen molar-refractivity contribution in [1.82, 2.24) is 0 Å². The molecular formula is C9H19NO. The summed E-state index contributed by atoms with van der Waals surface area (Å²) in [4.78, 5) is 0. The Morgan fingerprint density at radius 3 is 1.73 bits per heavy atom. The lowest BCUT2D eigenvalue weighted by atomic mass is 10.0. The summed E-state index contributed by atoms with van der Waals surface area (Å²) in [5.74, 6) is 0.375. The molecule has 0 aliphatic heterocycles. The molecule has 0 aromatic rings. The number of aliphatic hydroxyl groups is 1. The van der Waals surface area contributed by atoms with Crippen molar-refractivity contribution >= 4 is 0 Å². The van der Waals surface area contributed by atoms with Gasteiger partial charge in [0.25, 0.3) is 0 Å². The molecule has 2 heteroatoms. The van der Waals surface area contributed by atoms with Gasteiger partial charge in [-0.3, -0.25) is 0 Å². The molecule has 2 nitrogen and oxygen atoms in total. The molecule has 1 atom stereocenters. The average Bonchev–Trinajstić information content (AvgIpc) is 2.24. The molecule has 1 fully saturated rings. The Hall–Kier alpha value is -0.0800. The van der Waals surface area contributed by atoms with Crippen molar-refractivity contribution in [3.8, 4) is 0 Å². The van der Waals surface area contributed by atoms with E-state index in [4.69, 9.17) is 5.73 Å². The Labute approximate surface area is 68.8 Å². The summed E-state index contributed by atoms with van der Waals surface area (Å²) < 4.78 is 0. The van der Waals surface area contributed by atoms with Crippen LogP contribution in [-0.4, -0.2) is 17.8 Å². The van der Waals surface area contributed by atoms with Crippen LogP contribution in [0.5, 0.6) is 0 Å². The van der Waals surface area contributed by atoms with Crippen LogP contribution in [-0.2, 0) is 0 Å². The molecule has 0 aromatic heterocycles. The quantitative estimate of drug-likeness (QED) is 0.628. The molecule has 1 aliphatic rings. The van der Waals surface area contributed by atoms with E-state index in [-0.39, 0.29) is 16.9 Å². The Morgan fingerprint density at radius 1 is 1.27 bits per heavy atom. The number of hydrogen-bond donors (Lipinski definition) is 2. The maximum Gasteiger partial charge on any atom is 0.0701 e. The maximum absolute atomic E-state index is 9.54. The fourth-order valence-electron chi connectivity index (χ4n) is 2.35. The molecule has 0 bridgehead atoms. The molecular weight excluding hydrogens is 138 g/mol. The molecule has 1 aliphatic carbocycles. The van der Waals surface area contributed by atoms with Crippen LogP contribution < -0.4 is 5.73 Å². The van der Waals surface area contributed by atoms with Crippen molar-refractivity contribution in [3.05, 3.63) is 0 Å². The SMILES string of the molecule is CC1(C)C(C(O)CN)C1(C)C. The smallest absolute Gasteiger partial charge is 0.0701 e. The summed E-state index contributed by atoms with van der Waals surface area (Å²) >= 11 is 0. The highest BCUT2D eigenvalue weighted by molar-refractivity contribution is 5.14. The maximum atomic E-state index is 9.54. The van der Waals surface area contributed by atoms with E-state index in [2.05, 4.69) is 27.7 Å². The fraction of sp³-hybridized carbons (Fsp3) is 1.00. The molecule has 0 saturated heterocycles. The van der Waals surface area contributed by atoms with E-state index in [0.29, 0.717) is 12.5 Å². The van der Waals surface area contributed by atoms with Gasteiger partial charge in [-0.15, -0.1) is 0 Å². The average molecular weight is 157 g/mol. The van der Waals surface area contributed by atoms with Gasteiger partial charge >= 0.3 is 0 Å². The van der Waals surface area contributed by atoms with Crippen molar-refractivity contribution < 1.29 is 5.11 Å². The minimum Gasteiger partial charge on any atom is -0.391 e. The van der Waals surface area contributed by atoms with Crippen molar-refractivity contribution in [2.24, 2.45) is 22.5 Å². The molecule has 0 aromatic carbocycles. The molecule has 66 valence electrons. The van der Waals surface area contributed by atoms with E-state index >= 15 is 0 Å². The first-order valence-electron chi connectivity index (χ1n) is 4.24. The highest BCUT2D eigenvalue weighted by atomic mass is 16.3. The Balaban J connectivity index is 2.67. The zero-order valence-electron chi connectivity index (χ0n) is 7.89. The molecule has 1 unspecified atom stereocenters. The van der Waals surface area contributed by atoms with Gasteiger partial charge in [0.05, 0.1) is 6.10 Å². The predicted octanol–water partition coefficient (Wildman–Crippen LogP) is 0.988. The Kier molecular flexibility index (Phi) is 1.81. The summed E-state index contributed by atoms with van der Waals surface area (Å²) in [7, 11) is 0. The summed E-state index contributed by atoms with van der Waals surface area (Å²) in [6.45, 7) is 9.15. The highest BCUT2D eigenvalue weighted by Crippen LogP contribution is 2.69. The monoisotopic (exact) mass is 157 g/mol. The minimum atomic E-state index is -0.319. The van der Waals surface area contributed by atoms with Crippen LogP contribution in [0.4, 0.5) is 0 Å². The summed E-state index contributed by atoms with van der Waals surface area (Å²) in [6.07, 6.45) is -0.319. The van der Waals surface area contributed by atoms with Gasteiger partial charge in [-0.25, -0.2) is 0 Å². The summed E-state index contributed by atoms with van der Waals surface area (Å²) in [5.41, 5.74) is 5.92. The van der Waals surface area contributed by atoms with E-state index in [1.165, 1.54) is 0 Å². The number of hydrogen-bond acceptors (Lipinski definition) is 2. The molecule has 1 rings (SSSR count). The van der Waals surface area contributed by atoms with E-state index in [1.807, 2.05) is 0 Å². The lowest BCUT2D eigenvalue weighted by Gasteiger charge is -2.08.